The first kappa shape index (κ1) is 21.2. The van der Waals surface area contributed by atoms with Crippen molar-refractivity contribution in [2.24, 2.45) is 0 Å². The number of nitrogens with one attached hydrogen (secondary N) is 2. The van der Waals surface area contributed by atoms with Crippen LogP contribution in [-0.4, -0.2) is 62.7 Å². The number of piperidine rings is 1. The molecular weight excluding hydrogens is 392 g/mol. The predicted molar refractivity (Wildman–Crippen MR) is 123 cm³/mol. The number of carbonyl (C=O) groups is 2. The topological polar surface area (TPSA) is 73.9 Å². The zero-order valence-corrected chi connectivity index (χ0v) is 17.8. The van der Waals surface area contributed by atoms with Crippen molar-refractivity contribution in [3.63, 3.8) is 0 Å². The molecule has 0 bridgehead atoms. The Morgan fingerprint density at radius 1 is 0.871 bits per heavy atom. The largest absolute Gasteiger partial charge is 0.378 e. The average Bonchev–Trinajstić information content (AvgIpc) is 2.84. The fourth-order valence-electron chi connectivity index (χ4n) is 4.05. The van der Waals surface area contributed by atoms with E-state index in [4.69, 9.17) is 4.74 Å². The molecule has 0 saturated carbocycles. The van der Waals surface area contributed by atoms with E-state index in [1.165, 1.54) is 24.9 Å². The van der Waals surface area contributed by atoms with Gasteiger partial charge in [-0.2, -0.15) is 0 Å². The summed E-state index contributed by atoms with van der Waals surface area (Å²) in [5.74, 6) is -0.195. The summed E-state index contributed by atoms with van der Waals surface area (Å²) in [5, 5.41) is 6.04. The summed E-state index contributed by atoms with van der Waals surface area (Å²) in [6, 6.07) is 15.3. The molecule has 0 radical (unpaired) electrons. The van der Waals surface area contributed by atoms with E-state index in [-0.39, 0.29) is 18.4 Å². The molecule has 0 atom stereocenters. The average molecular weight is 423 g/mol. The quantitative estimate of drug-likeness (QED) is 0.748. The minimum Gasteiger partial charge on any atom is -0.378 e. The van der Waals surface area contributed by atoms with Gasteiger partial charge in [-0.1, -0.05) is 12.1 Å². The van der Waals surface area contributed by atoms with Crippen molar-refractivity contribution in [2.75, 3.05) is 61.5 Å². The van der Waals surface area contributed by atoms with Crippen molar-refractivity contribution in [2.45, 2.75) is 19.3 Å². The highest BCUT2D eigenvalue weighted by Gasteiger charge is 2.21. The lowest BCUT2D eigenvalue weighted by Gasteiger charge is -2.28. The Kier molecular flexibility index (Phi) is 7.04. The molecule has 0 aromatic heterocycles. The number of hydrogen-bond acceptors (Lipinski definition) is 5. The van der Waals surface area contributed by atoms with E-state index in [0.717, 1.165) is 18.8 Å². The van der Waals surface area contributed by atoms with Crippen LogP contribution in [0.4, 0.5) is 17.1 Å². The molecule has 7 nitrogen and oxygen atoms in total. The summed E-state index contributed by atoms with van der Waals surface area (Å²) in [6.07, 6.45) is 3.78. The van der Waals surface area contributed by atoms with E-state index in [1.54, 1.807) is 11.0 Å². The SMILES string of the molecule is O=C(CNc1ccccc1C(=O)N1CCOCC1)Nc1ccc(N2CCCCC2)cc1. The minimum atomic E-state index is -0.153. The highest BCUT2D eigenvalue weighted by molar-refractivity contribution is 6.01. The fraction of sp³-hybridized carbons (Fsp3) is 0.417. The van der Waals surface area contributed by atoms with Crippen molar-refractivity contribution < 1.29 is 14.3 Å². The third-order valence-corrected chi connectivity index (χ3v) is 5.77. The molecule has 2 aliphatic heterocycles. The maximum Gasteiger partial charge on any atom is 0.256 e. The van der Waals surface area contributed by atoms with Crippen LogP contribution < -0.4 is 15.5 Å². The number of carbonyl (C=O) groups excluding carboxylic acids is 2. The summed E-state index contributed by atoms with van der Waals surface area (Å²) in [6.45, 7) is 4.56. The number of rotatable bonds is 6. The Morgan fingerprint density at radius 2 is 1.58 bits per heavy atom. The third kappa shape index (κ3) is 5.55. The molecule has 2 aliphatic rings. The van der Waals surface area contributed by atoms with E-state index in [0.29, 0.717) is 37.6 Å². The molecular formula is C24H30N4O3. The van der Waals surface area contributed by atoms with Crippen LogP contribution in [0.15, 0.2) is 48.5 Å². The summed E-state index contributed by atoms with van der Waals surface area (Å²) >= 11 is 0. The molecule has 7 heteroatoms. The first-order chi connectivity index (χ1) is 15.2. The second kappa shape index (κ2) is 10.3. The standard InChI is InChI=1S/C24H30N4O3/c29-23(26-19-8-10-20(11-9-19)27-12-4-1-5-13-27)18-25-22-7-3-2-6-21(22)24(30)28-14-16-31-17-15-28/h2-3,6-11,25H,1,4-5,12-18H2,(H,26,29). The van der Waals surface area contributed by atoms with E-state index in [9.17, 15) is 9.59 Å². The molecule has 4 rings (SSSR count). The molecule has 2 aromatic carbocycles. The molecule has 0 unspecified atom stereocenters. The third-order valence-electron chi connectivity index (χ3n) is 5.77. The molecule has 31 heavy (non-hydrogen) atoms. The van der Waals surface area contributed by atoms with E-state index < -0.39 is 0 Å². The summed E-state index contributed by atoms with van der Waals surface area (Å²) < 4.78 is 5.33. The molecule has 2 fully saturated rings. The van der Waals surface area contributed by atoms with Gasteiger partial charge in [-0.05, 0) is 55.7 Å². The van der Waals surface area contributed by atoms with E-state index in [1.807, 2.05) is 30.3 Å². The van der Waals surface area contributed by atoms with Crippen LogP contribution in [0.1, 0.15) is 29.6 Å². The Bertz CT molecular complexity index is 888. The first-order valence-electron chi connectivity index (χ1n) is 11.1. The van der Waals surface area contributed by atoms with E-state index in [2.05, 4.69) is 27.7 Å². The number of para-hydroxylation sites is 1. The Labute approximate surface area is 183 Å². The molecule has 2 aromatic rings. The lowest BCUT2D eigenvalue weighted by molar-refractivity contribution is -0.114. The second-order valence-corrected chi connectivity index (χ2v) is 7.95. The van der Waals surface area contributed by atoms with Gasteiger partial charge in [0, 0.05) is 43.2 Å². The maximum atomic E-state index is 12.8. The van der Waals surface area contributed by atoms with Gasteiger partial charge in [-0.15, -0.1) is 0 Å². The van der Waals surface area contributed by atoms with Crippen LogP contribution >= 0.6 is 0 Å². The summed E-state index contributed by atoms with van der Waals surface area (Å²) in [5.41, 5.74) is 3.20. The van der Waals surface area contributed by atoms with Gasteiger partial charge in [0.25, 0.3) is 5.91 Å². The number of benzene rings is 2. The van der Waals surface area contributed by atoms with Crippen LogP contribution in [0.3, 0.4) is 0 Å². The number of nitrogens with zero attached hydrogens (tertiary/aromatic N) is 2. The molecule has 0 aliphatic carbocycles. The summed E-state index contributed by atoms with van der Waals surface area (Å²) in [7, 11) is 0. The smallest absolute Gasteiger partial charge is 0.256 e. The van der Waals surface area contributed by atoms with Crippen molar-refractivity contribution in [3.05, 3.63) is 54.1 Å². The highest BCUT2D eigenvalue weighted by Crippen LogP contribution is 2.22. The lowest BCUT2D eigenvalue weighted by Crippen LogP contribution is -2.41. The molecule has 2 heterocycles. The van der Waals surface area contributed by atoms with Gasteiger partial charge in [0.1, 0.15) is 0 Å². The Morgan fingerprint density at radius 3 is 2.32 bits per heavy atom. The van der Waals surface area contributed by atoms with Crippen LogP contribution in [0.25, 0.3) is 0 Å². The van der Waals surface area contributed by atoms with Gasteiger partial charge in [-0.25, -0.2) is 0 Å². The Balaban J connectivity index is 1.32. The molecule has 2 N–H and O–H groups in total. The number of amides is 2. The number of ether oxygens (including phenoxy) is 1. The molecule has 2 saturated heterocycles. The van der Waals surface area contributed by atoms with Gasteiger partial charge in [0.05, 0.1) is 25.3 Å². The fourth-order valence-corrected chi connectivity index (χ4v) is 4.05. The van der Waals surface area contributed by atoms with Crippen molar-refractivity contribution in [3.8, 4) is 0 Å². The zero-order valence-electron chi connectivity index (χ0n) is 17.8. The minimum absolute atomic E-state index is 0.0416. The van der Waals surface area contributed by atoms with Crippen LogP contribution in [-0.2, 0) is 9.53 Å². The second-order valence-electron chi connectivity index (χ2n) is 7.95. The molecule has 2 amide bonds. The highest BCUT2D eigenvalue weighted by atomic mass is 16.5. The monoisotopic (exact) mass is 422 g/mol. The lowest BCUT2D eigenvalue weighted by atomic mass is 10.1. The van der Waals surface area contributed by atoms with Crippen LogP contribution in [0.2, 0.25) is 0 Å². The van der Waals surface area contributed by atoms with Gasteiger partial charge < -0.3 is 25.2 Å². The normalized spacial score (nSPS) is 16.6. The predicted octanol–water partition coefficient (Wildman–Crippen LogP) is 3.20. The van der Waals surface area contributed by atoms with Crippen molar-refractivity contribution in [1.82, 2.24) is 4.90 Å². The van der Waals surface area contributed by atoms with Crippen molar-refractivity contribution in [1.29, 1.82) is 0 Å². The van der Waals surface area contributed by atoms with Crippen LogP contribution in [0.5, 0.6) is 0 Å². The Hall–Kier alpha value is -3.06. The maximum absolute atomic E-state index is 12.8. The van der Waals surface area contributed by atoms with Gasteiger partial charge >= 0.3 is 0 Å². The number of morpholine rings is 1. The van der Waals surface area contributed by atoms with Crippen LogP contribution in [0, 0.1) is 0 Å². The summed E-state index contributed by atoms with van der Waals surface area (Å²) in [4.78, 5) is 29.5. The number of hydrogen-bond donors (Lipinski definition) is 2. The van der Waals surface area contributed by atoms with Gasteiger partial charge in [0.15, 0.2) is 0 Å². The first-order valence-corrected chi connectivity index (χ1v) is 11.1. The molecule has 164 valence electrons. The number of anilines is 3. The van der Waals surface area contributed by atoms with Crippen molar-refractivity contribution >= 4 is 28.9 Å². The van der Waals surface area contributed by atoms with Gasteiger partial charge in [-0.3, -0.25) is 9.59 Å². The molecule has 0 spiro atoms. The zero-order chi connectivity index (χ0) is 21.5. The van der Waals surface area contributed by atoms with E-state index >= 15 is 0 Å². The van der Waals surface area contributed by atoms with Gasteiger partial charge in [0.2, 0.25) is 5.91 Å².